The van der Waals surface area contributed by atoms with Gasteiger partial charge in [0.2, 0.25) is 5.91 Å². The molecule has 6 heteroatoms. The van der Waals surface area contributed by atoms with Gasteiger partial charge in [0.1, 0.15) is 0 Å². The molecule has 0 bridgehead atoms. The summed E-state index contributed by atoms with van der Waals surface area (Å²) in [6.07, 6.45) is 0.880. The van der Waals surface area contributed by atoms with Gasteiger partial charge in [0, 0.05) is 27.8 Å². The van der Waals surface area contributed by atoms with Crippen molar-refractivity contribution in [3.63, 3.8) is 0 Å². The molecule has 1 heterocycles. The van der Waals surface area contributed by atoms with E-state index < -0.39 is 0 Å². The zero-order valence-corrected chi connectivity index (χ0v) is 18.1. The highest BCUT2D eigenvalue weighted by Gasteiger charge is 2.24. The smallest absolute Gasteiger partial charge is 0.256 e. The number of nitrogens with one attached hydrogen (secondary N) is 1. The number of para-hydroxylation sites is 1. The summed E-state index contributed by atoms with van der Waals surface area (Å²) in [6, 6.07) is 20.8. The van der Waals surface area contributed by atoms with Crippen LogP contribution in [0, 0.1) is 6.92 Å². The van der Waals surface area contributed by atoms with Crippen molar-refractivity contribution >= 4 is 46.6 Å². The first-order valence-corrected chi connectivity index (χ1v) is 11.1. The summed E-state index contributed by atoms with van der Waals surface area (Å²) in [5.41, 5.74) is 4.23. The van der Waals surface area contributed by atoms with Crippen LogP contribution < -0.4 is 10.2 Å². The van der Waals surface area contributed by atoms with Gasteiger partial charge in [-0.05, 0) is 54.8 Å². The van der Waals surface area contributed by atoms with E-state index in [-0.39, 0.29) is 17.6 Å². The molecule has 0 spiro atoms. The van der Waals surface area contributed by atoms with Crippen LogP contribution in [0.3, 0.4) is 0 Å². The molecule has 30 heavy (non-hydrogen) atoms. The molecule has 0 aromatic heterocycles. The van der Waals surface area contributed by atoms with Gasteiger partial charge in [-0.1, -0.05) is 48.0 Å². The Morgan fingerprint density at radius 1 is 1.03 bits per heavy atom. The van der Waals surface area contributed by atoms with Crippen molar-refractivity contribution in [3.05, 3.63) is 88.4 Å². The minimum atomic E-state index is -0.220. The number of thioether (sulfide) groups is 1. The van der Waals surface area contributed by atoms with Crippen LogP contribution in [0.5, 0.6) is 0 Å². The lowest BCUT2D eigenvalue weighted by Gasteiger charge is -2.17. The van der Waals surface area contributed by atoms with Crippen LogP contribution in [-0.4, -0.2) is 24.1 Å². The van der Waals surface area contributed by atoms with E-state index in [1.54, 1.807) is 18.2 Å². The molecule has 0 saturated heterocycles. The van der Waals surface area contributed by atoms with Crippen LogP contribution >= 0.6 is 23.4 Å². The SMILES string of the molecule is Cc1c(Cl)cccc1NC(=O)c1ccccc1SCC(=O)N1CCc2ccccc21. The van der Waals surface area contributed by atoms with Crippen molar-refractivity contribution in [2.45, 2.75) is 18.2 Å². The van der Waals surface area contributed by atoms with E-state index in [2.05, 4.69) is 11.4 Å². The first-order valence-electron chi connectivity index (χ1n) is 9.71. The molecule has 0 saturated carbocycles. The van der Waals surface area contributed by atoms with E-state index in [0.717, 1.165) is 22.6 Å². The molecule has 3 aromatic carbocycles. The van der Waals surface area contributed by atoms with Crippen molar-refractivity contribution in [1.82, 2.24) is 0 Å². The molecule has 0 unspecified atom stereocenters. The maximum absolute atomic E-state index is 12.9. The van der Waals surface area contributed by atoms with E-state index >= 15 is 0 Å². The predicted molar refractivity (Wildman–Crippen MR) is 124 cm³/mol. The minimum absolute atomic E-state index is 0.0471. The van der Waals surface area contributed by atoms with Crippen molar-refractivity contribution < 1.29 is 9.59 Å². The maximum atomic E-state index is 12.9. The molecule has 4 rings (SSSR count). The van der Waals surface area contributed by atoms with Crippen LogP contribution in [0.1, 0.15) is 21.5 Å². The van der Waals surface area contributed by atoms with Gasteiger partial charge in [-0.2, -0.15) is 0 Å². The highest BCUT2D eigenvalue weighted by molar-refractivity contribution is 8.00. The Balaban J connectivity index is 1.47. The van der Waals surface area contributed by atoms with Gasteiger partial charge in [-0.25, -0.2) is 0 Å². The molecule has 0 aliphatic carbocycles. The average molecular weight is 437 g/mol. The molecule has 1 aliphatic rings. The van der Waals surface area contributed by atoms with E-state index in [1.165, 1.54) is 17.3 Å². The largest absolute Gasteiger partial charge is 0.322 e. The van der Waals surface area contributed by atoms with E-state index in [0.29, 0.717) is 22.8 Å². The summed E-state index contributed by atoms with van der Waals surface area (Å²) < 4.78 is 0. The Kier molecular flexibility index (Phi) is 6.11. The lowest BCUT2D eigenvalue weighted by molar-refractivity contribution is -0.116. The number of nitrogens with zero attached hydrogens (tertiary/aromatic N) is 1. The molecular weight excluding hydrogens is 416 g/mol. The molecule has 0 atom stereocenters. The van der Waals surface area contributed by atoms with Gasteiger partial charge in [-0.3, -0.25) is 9.59 Å². The van der Waals surface area contributed by atoms with Crippen LogP contribution in [0.25, 0.3) is 0 Å². The fourth-order valence-corrected chi connectivity index (χ4v) is 4.63. The number of fused-ring (bicyclic) bond motifs is 1. The molecule has 4 nitrogen and oxygen atoms in total. The number of hydrogen-bond acceptors (Lipinski definition) is 3. The average Bonchev–Trinajstić information content (AvgIpc) is 3.20. The number of carbonyl (C=O) groups excluding carboxylic acids is 2. The quantitative estimate of drug-likeness (QED) is 0.531. The standard InChI is InChI=1S/C24H21ClN2O2S/c1-16-19(25)9-6-10-20(16)26-24(29)18-8-3-5-12-22(18)30-15-23(28)27-14-13-17-7-2-4-11-21(17)27/h2-12H,13-15H2,1H3,(H,26,29). The van der Waals surface area contributed by atoms with Gasteiger partial charge in [0.05, 0.1) is 11.3 Å². The number of anilines is 2. The molecule has 3 aromatic rings. The van der Waals surface area contributed by atoms with Crippen LogP contribution in [-0.2, 0) is 11.2 Å². The second-order valence-corrected chi connectivity index (χ2v) is 8.50. The second kappa shape index (κ2) is 8.94. The van der Waals surface area contributed by atoms with Crippen LogP contribution in [0.15, 0.2) is 71.6 Å². The zero-order chi connectivity index (χ0) is 21.1. The van der Waals surface area contributed by atoms with Crippen LogP contribution in [0.4, 0.5) is 11.4 Å². The number of halogens is 1. The highest BCUT2D eigenvalue weighted by atomic mass is 35.5. The third kappa shape index (κ3) is 4.23. The third-order valence-electron chi connectivity index (χ3n) is 5.19. The first kappa shape index (κ1) is 20.5. The number of carbonyl (C=O) groups is 2. The first-order chi connectivity index (χ1) is 14.5. The number of rotatable bonds is 5. The summed E-state index contributed by atoms with van der Waals surface area (Å²) in [7, 11) is 0. The Morgan fingerprint density at radius 3 is 2.67 bits per heavy atom. The maximum Gasteiger partial charge on any atom is 0.256 e. The molecule has 2 amide bonds. The number of amides is 2. The van der Waals surface area contributed by atoms with Gasteiger partial charge in [-0.15, -0.1) is 11.8 Å². The van der Waals surface area contributed by atoms with E-state index in [4.69, 9.17) is 11.6 Å². The number of benzene rings is 3. The fourth-order valence-electron chi connectivity index (χ4n) is 3.53. The lowest BCUT2D eigenvalue weighted by Crippen LogP contribution is -2.30. The normalized spacial score (nSPS) is 12.5. The molecule has 0 fully saturated rings. The summed E-state index contributed by atoms with van der Waals surface area (Å²) >= 11 is 7.54. The second-order valence-electron chi connectivity index (χ2n) is 7.08. The summed E-state index contributed by atoms with van der Waals surface area (Å²) in [6.45, 7) is 2.57. The molecule has 0 radical (unpaired) electrons. The van der Waals surface area contributed by atoms with E-state index in [1.807, 2.05) is 54.3 Å². The van der Waals surface area contributed by atoms with E-state index in [9.17, 15) is 9.59 Å². The summed E-state index contributed by atoms with van der Waals surface area (Å²) in [4.78, 5) is 28.3. The minimum Gasteiger partial charge on any atom is -0.322 e. The van der Waals surface area contributed by atoms with Gasteiger partial charge >= 0.3 is 0 Å². The van der Waals surface area contributed by atoms with Crippen molar-refractivity contribution in [1.29, 1.82) is 0 Å². The Labute approximate surface area is 185 Å². The van der Waals surface area contributed by atoms with Crippen molar-refractivity contribution in [3.8, 4) is 0 Å². The third-order valence-corrected chi connectivity index (χ3v) is 6.65. The molecule has 1 N–H and O–H groups in total. The molecule has 152 valence electrons. The summed E-state index contributed by atoms with van der Waals surface area (Å²) in [5.74, 6) is 0.0998. The monoisotopic (exact) mass is 436 g/mol. The van der Waals surface area contributed by atoms with Gasteiger partial charge < -0.3 is 10.2 Å². The lowest BCUT2D eigenvalue weighted by atomic mass is 10.1. The van der Waals surface area contributed by atoms with Crippen LogP contribution in [0.2, 0.25) is 5.02 Å². The zero-order valence-electron chi connectivity index (χ0n) is 16.5. The fraction of sp³-hybridized carbons (Fsp3) is 0.167. The molecule has 1 aliphatic heterocycles. The highest BCUT2D eigenvalue weighted by Crippen LogP contribution is 2.30. The topological polar surface area (TPSA) is 49.4 Å². The predicted octanol–water partition coefficient (Wildman–Crippen LogP) is 5.58. The Morgan fingerprint density at radius 2 is 1.80 bits per heavy atom. The Hall–Kier alpha value is -2.76. The van der Waals surface area contributed by atoms with Crippen molar-refractivity contribution in [2.75, 3.05) is 22.5 Å². The van der Waals surface area contributed by atoms with Gasteiger partial charge in [0.25, 0.3) is 5.91 Å². The number of hydrogen-bond donors (Lipinski definition) is 1. The summed E-state index contributed by atoms with van der Waals surface area (Å²) in [5, 5.41) is 3.54. The van der Waals surface area contributed by atoms with Crippen molar-refractivity contribution in [2.24, 2.45) is 0 Å². The molecular formula is C24H21ClN2O2S. The van der Waals surface area contributed by atoms with Gasteiger partial charge in [0.15, 0.2) is 0 Å². The Bertz CT molecular complexity index is 1120.